The number of hydrogen-bond donors (Lipinski definition) is 0. The van der Waals surface area contributed by atoms with Gasteiger partial charge in [-0.2, -0.15) is 0 Å². The standard InChI is InChI=1S/C24H22O/c1-3-17(2)25-22-13-11-18(12-14-22)23-10-6-9-21-15-19-7-4-5-8-20(19)16-24(21)23/h4-17H,3H2,1-2H3. The van der Waals surface area contributed by atoms with E-state index in [1.165, 1.54) is 32.7 Å². The van der Waals surface area contributed by atoms with Crippen molar-refractivity contribution in [1.82, 2.24) is 0 Å². The second-order valence-electron chi connectivity index (χ2n) is 6.59. The Morgan fingerprint density at radius 1 is 0.760 bits per heavy atom. The third-order valence-corrected chi connectivity index (χ3v) is 4.82. The van der Waals surface area contributed by atoms with Gasteiger partial charge in [-0.1, -0.05) is 61.5 Å². The van der Waals surface area contributed by atoms with Crippen LogP contribution in [0.1, 0.15) is 20.3 Å². The SMILES string of the molecule is CCC(C)Oc1ccc(-c2cccc3cc4ccccc4cc23)cc1. The van der Waals surface area contributed by atoms with Crippen molar-refractivity contribution >= 4 is 21.5 Å². The molecule has 0 aliphatic rings. The predicted molar refractivity (Wildman–Crippen MR) is 107 cm³/mol. The summed E-state index contributed by atoms with van der Waals surface area (Å²) in [6.45, 7) is 4.24. The molecule has 0 heterocycles. The molecule has 4 aromatic rings. The van der Waals surface area contributed by atoms with Crippen molar-refractivity contribution in [1.29, 1.82) is 0 Å². The third-order valence-electron chi connectivity index (χ3n) is 4.82. The highest BCUT2D eigenvalue weighted by molar-refractivity contribution is 6.04. The molecule has 1 unspecified atom stereocenters. The van der Waals surface area contributed by atoms with Crippen molar-refractivity contribution in [3.8, 4) is 16.9 Å². The van der Waals surface area contributed by atoms with Crippen LogP contribution < -0.4 is 4.74 Å². The lowest BCUT2D eigenvalue weighted by atomic mass is 9.95. The Bertz CT molecular complexity index is 1020. The summed E-state index contributed by atoms with van der Waals surface area (Å²) >= 11 is 0. The fourth-order valence-corrected chi connectivity index (χ4v) is 3.25. The van der Waals surface area contributed by atoms with E-state index in [0.29, 0.717) is 0 Å². The second-order valence-corrected chi connectivity index (χ2v) is 6.59. The van der Waals surface area contributed by atoms with Gasteiger partial charge < -0.3 is 4.74 Å². The van der Waals surface area contributed by atoms with Crippen molar-refractivity contribution in [3.63, 3.8) is 0 Å². The van der Waals surface area contributed by atoms with Gasteiger partial charge >= 0.3 is 0 Å². The van der Waals surface area contributed by atoms with Crippen LogP contribution >= 0.6 is 0 Å². The van der Waals surface area contributed by atoms with Crippen molar-refractivity contribution in [2.45, 2.75) is 26.4 Å². The molecule has 0 radical (unpaired) electrons. The molecule has 0 saturated heterocycles. The van der Waals surface area contributed by atoms with E-state index in [4.69, 9.17) is 4.74 Å². The lowest BCUT2D eigenvalue weighted by molar-refractivity contribution is 0.217. The van der Waals surface area contributed by atoms with E-state index in [2.05, 4.69) is 92.7 Å². The van der Waals surface area contributed by atoms with Crippen LogP contribution in [0.25, 0.3) is 32.7 Å². The van der Waals surface area contributed by atoms with Crippen LogP contribution in [0.3, 0.4) is 0 Å². The van der Waals surface area contributed by atoms with E-state index in [9.17, 15) is 0 Å². The summed E-state index contributed by atoms with van der Waals surface area (Å²) in [6, 6.07) is 28.1. The van der Waals surface area contributed by atoms with E-state index in [1.807, 2.05) is 0 Å². The van der Waals surface area contributed by atoms with E-state index in [0.717, 1.165) is 12.2 Å². The number of fused-ring (bicyclic) bond motifs is 2. The Kier molecular flexibility index (Phi) is 4.15. The van der Waals surface area contributed by atoms with Crippen LogP contribution in [0, 0.1) is 0 Å². The van der Waals surface area contributed by atoms with Crippen LogP contribution in [0.15, 0.2) is 78.9 Å². The largest absolute Gasteiger partial charge is 0.491 e. The predicted octanol–water partition coefficient (Wildman–Crippen LogP) is 6.84. The highest BCUT2D eigenvalue weighted by atomic mass is 16.5. The van der Waals surface area contributed by atoms with Crippen LogP contribution in [0.4, 0.5) is 0 Å². The zero-order valence-electron chi connectivity index (χ0n) is 14.7. The van der Waals surface area contributed by atoms with Gasteiger partial charge in [0.25, 0.3) is 0 Å². The first-order valence-electron chi connectivity index (χ1n) is 8.93. The summed E-state index contributed by atoms with van der Waals surface area (Å²) in [4.78, 5) is 0. The zero-order chi connectivity index (χ0) is 17.2. The van der Waals surface area contributed by atoms with Crippen molar-refractivity contribution < 1.29 is 4.74 Å². The van der Waals surface area contributed by atoms with E-state index in [-0.39, 0.29) is 6.10 Å². The molecule has 124 valence electrons. The summed E-state index contributed by atoms with van der Waals surface area (Å²) in [5.41, 5.74) is 2.48. The molecular weight excluding hydrogens is 304 g/mol. The minimum Gasteiger partial charge on any atom is -0.491 e. The summed E-state index contributed by atoms with van der Waals surface area (Å²) in [6.07, 6.45) is 1.26. The van der Waals surface area contributed by atoms with Gasteiger partial charge in [-0.25, -0.2) is 0 Å². The first-order valence-corrected chi connectivity index (χ1v) is 8.93. The number of benzene rings is 4. The van der Waals surface area contributed by atoms with Gasteiger partial charge in [0.05, 0.1) is 6.10 Å². The maximum Gasteiger partial charge on any atom is 0.119 e. The molecule has 0 aliphatic carbocycles. The monoisotopic (exact) mass is 326 g/mol. The lowest BCUT2D eigenvalue weighted by Crippen LogP contribution is -2.09. The van der Waals surface area contributed by atoms with Gasteiger partial charge in [-0.15, -0.1) is 0 Å². The molecule has 1 nitrogen and oxygen atoms in total. The quantitative estimate of drug-likeness (QED) is 0.373. The normalized spacial score (nSPS) is 12.4. The summed E-state index contributed by atoms with van der Waals surface area (Å²) < 4.78 is 5.90. The van der Waals surface area contributed by atoms with Gasteiger partial charge in [0.15, 0.2) is 0 Å². The van der Waals surface area contributed by atoms with Crippen LogP contribution in [-0.4, -0.2) is 6.10 Å². The van der Waals surface area contributed by atoms with Crippen LogP contribution in [0.2, 0.25) is 0 Å². The van der Waals surface area contributed by atoms with E-state index in [1.54, 1.807) is 0 Å². The lowest BCUT2D eigenvalue weighted by Gasteiger charge is -2.13. The average molecular weight is 326 g/mol. The molecule has 0 aromatic heterocycles. The summed E-state index contributed by atoms with van der Waals surface area (Å²) in [7, 11) is 0. The molecule has 0 aliphatic heterocycles. The minimum absolute atomic E-state index is 0.245. The van der Waals surface area contributed by atoms with Gasteiger partial charge in [0.1, 0.15) is 5.75 Å². The average Bonchev–Trinajstić information content (AvgIpc) is 2.66. The van der Waals surface area contributed by atoms with Gasteiger partial charge in [0, 0.05) is 0 Å². The molecular formula is C24H22O. The van der Waals surface area contributed by atoms with Gasteiger partial charge in [-0.3, -0.25) is 0 Å². The molecule has 0 N–H and O–H groups in total. The maximum absolute atomic E-state index is 5.90. The fourth-order valence-electron chi connectivity index (χ4n) is 3.25. The number of ether oxygens (including phenoxy) is 1. The highest BCUT2D eigenvalue weighted by Crippen LogP contribution is 2.32. The third kappa shape index (κ3) is 3.10. The van der Waals surface area contributed by atoms with Crippen molar-refractivity contribution in [3.05, 3.63) is 78.9 Å². The second kappa shape index (κ2) is 6.60. The minimum atomic E-state index is 0.245. The molecule has 1 atom stereocenters. The Morgan fingerprint density at radius 2 is 1.44 bits per heavy atom. The molecule has 0 saturated carbocycles. The van der Waals surface area contributed by atoms with E-state index < -0.39 is 0 Å². The first kappa shape index (κ1) is 15.7. The Labute approximate surface area is 148 Å². The topological polar surface area (TPSA) is 9.23 Å². The van der Waals surface area contributed by atoms with Crippen molar-refractivity contribution in [2.24, 2.45) is 0 Å². The number of rotatable bonds is 4. The Hall–Kier alpha value is -2.80. The first-order chi connectivity index (χ1) is 12.2. The molecule has 4 rings (SSSR count). The zero-order valence-corrected chi connectivity index (χ0v) is 14.7. The molecule has 0 bridgehead atoms. The smallest absolute Gasteiger partial charge is 0.119 e. The molecule has 0 amide bonds. The summed E-state index contributed by atoms with van der Waals surface area (Å²) in [5, 5.41) is 5.12. The molecule has 1 heteroatoms. The Balaban J connectivity index is 1.79. The molecule has 0 spiro atoms. The number of hydrogen-bond acceptors (Lipinski definition) is 1. The molecule has 25 heavy (non-hydrogen) atoms. The highest BCUT2D eigenvalue weighted by Gasteiger charge is 2.07. The van der Waals surface area contributed by atoms with Gasteiger partial charge in [0.2, 0.25) is 0 Å². The van der Waals surface area contributed by atoms with Crippen molar-refractivity contribution in [2.75, 3.05) is 0 Å². The maximum atomic E-state index is 5.90. The fraction of sp³-hybridized carbons (Fsp3) is 0.167. The molecule has 4 aromatic carbocycles. The van der Waals surface area contributed by atoms with Crippen LogP contribution in [-0.2, 0) is 0 Å². The summed E-state index contributed by atoms with van der Waals surface area (Å²) in [5.74, 6) is 0.934. The van der Waals surface area contributed by atoms with Gasteiger partial charge in [-0.05, 0) is 70.3 Å². The Morgan fingerprint density at radius 3 is 2.16 bits per heavy atom. The van der Waals surface area contributed by atoms with Crippen LogP contribution in [0.5, 0.6) is 5.75 Å². The molecule has 0 fully saturated rings. The van der Waals surface area contributed by atoms with E-state index >= 15 is 0 Å².